The molecule has 1 aliphatic carbocycles. The number of amides is 1. The van der Waals surface area contributed by atoms with E-state index >= 15 is 0 Å². The zero-order chi connectivity index (χ0) is 14.0. The Labute approximate surface area is 111 Å². The van der Waals surface area contributed by atoms with Gasteiger partial charge in [-0.25, -0.2) is 0 Å². The quantitative estimate of drug-likeness (QED) is 0.629. The summed E-state index contributed by atoms with van der Waals surface area (Å²) in [5.41, 5.74) is 0.664. The predicted octanol–water partition coefficient (Wildman–Crippen LogP) is 2.16. The van der Waals surface area contributed by atoms with Gasteiger partial charge in [0.15, 0.2) is 0 Å². The van der Waals surface area contributed by atoms with Gasteiger partial charge >= 0.3 is 0 Å². The number of rotatable bonds is 5. The molecule has 0 heterocycles. The van der Waals surface area contributed by atoms with Gasteiger partial charge in [-0.1, -0.05) is 6.92 Å². The highest BCUT2D eigenvalue weighted by Crippen LogP contribution is 2.30. The summed E-state index contributed by atoms with van der Waals surface area (Å²) in [5, 5.41) is 16.8. The molecule has 0 radical (unpaired) electrons. The molecule has 2 N–H and O–H groups in total. The average Bonchev–Trinajstić information content (AvgIpc) is 3.04. The van der Waals surface area contributed by atoms with Gasteiger partial charge in [-0.15, -0.1) is 0 Å². The highest BCUT2D eigenvalue weighted by atomic mass is 16.6. The fourth-order valence-electron chi connectivity index (χ4n) is 1.96. The molecular formula is C13H17N3O3. The second kappa shape index (κ2) is 5.26. The van der Waals surface area contributed by atoms with Crippen LogP contribution in [0.15, 0.2) is 18.2 Å². The lowest BCUT2D eigenvalue weighted by molar-refractivity contribution is -0.385. The van der Waals surface area contributed by atoms with Gasteiger partial charge in [0.05, 0.1) is 4.92 Å². The Balaban J connectivity index is 2.25. The predicted molar refractivity (Wildman–Crippen MR) is 72.3 cm³/mol. The highest BCUT2D eigenvalue weighted by molar-refractivity contribution is 5.99. The number of hydrogen-bond donors (Lipinski definition) is 2. The summed E-state index contributed by atoms with van der Waals surface area (Å²) in [5.74, 6) is 0.0840. The van der Waals surface area contributed by atoms with Crippen LogP contribution in [0.4, 0.5) is 11.4 Å². The van der Waals surface area contributed by atoms with Gasteiger partial charge in [-0.05, 0) is 31.4 Å². The zero-order valence-electron chi connectivity index (χ0n) is 11.0. The highest BCUT2D eigenvalue weighted by Gasteiger charge is 2.35. The Morgan fingerprint density at radius 2 is 2.21 bits per heavy atom. The van der Waals surface area contributed by atoms with E-state index in [1.165, 1.54) is 12.1 Å². The summed E-state index contributed by atoms with van der Waals surface area (Å²) in [4.78, 5) is 22.5. The lowest BCUT2D eigenvalue weighted by Crippen LogP contribution is -2.27. The standard InChI is InChI=1S/C13H17N3O3/c1-3-14-9-4-5-12(16(18)19)10(7-9)13(17)15-11-6-8(11)2/h4-5,7-8,11,14H,3,6H2,1-2H3,(H,15,17). The lowest BCUT2D eigenvalue weighted by Gasteiger charge is -2.08. The van der Waals surface area contributed by atoms with Crippen molar-refractivity contribution >= 4 is 17.3 Å². The largest absolute Gasteiger partial charge is 0.385 e. The van der Waals surface area contributed by atoms with Crippen LogP contribution in [0.3, 0.4) is 0 Å². The number of carbonyl (C=O) groups is 1. The zero-order valence-corrected chi connectivity index (χ0v) is 11.0. The monoisotopic (exact) mass is 263 g/mol. The second-order valence-corrected chi connectivity index (χ2v) is 4.81. The summed E-state index contributed by atoms with van der Waals surface area (Å²) in [7, 11) is 0. The molecule has 1 amide bonds. The number of benzene rings is 1. The Morgan fingerprint density at radius 3 is 2.74 bits per heavy atom. The van der Waals surface area contributed by atoms with Gasteiger partial charge < -0.3 is 10.6 Å². The molecule has 1 aromatic carbocycles. The van der Waals surface area contributed by atoms with Crippen LogP contribution in [0, 0.1) is 16.0 Å². The molecule has 2 rings (SSSR count). The van der Waals surface area contributed by atoms with Gasteiger partial charge in [0.25, 0.3) is 11.6 Å². The van der Waals surface area contributed by atoms with Crippen molar-refractivity contribution in [3.8, 4) is 0 Å². The maximum atomic E-state index is 12.1. The van der Waals surface area contributed by atoms with Crippen molar-refractivity contribution in [1.82, 2.24) is 5.32 Å². The molecule has 6 heteroatoms. The molecule has 19 heavy (non-hydrogen) atoms. The first-order valence-corrected chi connectivity index (χ1v) is 6.36. The summed E-state index contributed by atoms with van der Waals surface area (Å²) >= 11 is 0. The Kier molecular flexibility index (Phi) is 3.69. The molecular weight excluding hydrogens is 246 g/mol. The van der Waals surface area contributed by atoms with Crippen LogP contribution in [-0.2, 0) is 0 Å². The molecule has 0 saturated heterocycles. The molecule has 1 aliphatic rings. The molecule has 1 aromatic rings. The summed E-state index contributed by atoms with van der Waals surface area (Å²) in [6.45, 7) is 4.65. The Hall–Kier alpha value is -2.11. The van der Waals surface area contributed by atoms with E-state index in [0.29, 0.717) is 18.2 Å². The molecule has 102 valence electrons. The fourth-order valence-corrected chi connectivity index (χ4v) is 1.96. The van der Waals surface area contributed by atoms with Crippen LogP contribution in [0.2, 0.25) is 0 Å². The first-order chi connectivity index (χ1) is 9.02. The molecule has 6 nitrogen and oxygen atoms in total. The van der Waals surface area contributed by atoms with E-state index in [-0.39, 0.29) is 23.2 Å². The maximum Gasteiger partial charge on any atom is 0.282 e. The topological polar surface area (TPSA) is 84.3 Å². The number of nitro benzene ring substituents is 1. The van der Waals surface area contributed by atoms with Crippen LogP contribution in [0.5, 0.6) is 0 Å². The Bertz CT molecular complexity index is 516. The first kappa shape index (κ1) is 13.3. The van der Waals surface area contributed by atoms with Gasteiger partial charge in [-0.2, -0.15) is 0 Å². The third-order valence-corrected chi connectivity index (χ3v) is 3.24. The molecule has 1 fully saturated rings. The molecule has 0 aliphatic heterocycles. The molecule has 2 atom stereocenters. The summed E-state index contributed by atoms with van der Waals surface area (Å²) in [6.07, 6.45) is 0.937. The third-order valence-electron chi connectivity index (χ3n) is 3.24. The minimum atomic E-state index is -0.527. The van der Waals surface area contributed by atoms with Crippen LogP contribution in [0.1, 0.15) is 30.6 Å². The van der Waals surface area contributed by atoms with Gasteiger partial charge in [0, 0.05) is 24.3 Å². The molecule has 0 spiro atoms. The maximum absolute atomic E-state index is 12.1. The van der Waals surface area contributed by atoms with Gasteiger partial charge in [0.1, 0.15) is 5.56 Å². The molecule has 1 saturated carbocycles. The van der Waals surface area contributed by atoms with E-state index < -0.39 is 4.92 Å². The second-order valence-electron chi connectivity index (χ2n) is 4.81. The van der Waals surface area contributed by atoms with Gasteiger partial charge in [0.2, 0.25) is 0 Å². The molecule has 0 bridgehead atoms. The summed E-state index contributed by atoms with van der Waals surface area (Å²) in [6, 6.07) is 4.65. The van der Waals surface area contributed by atoms with E-state index in [0.717, 1.165) is 6.42 Å². The smallest absolute Gasteiger partial charge is 0.282 e. The minimum Gasteiger partial charge on any atom is -0.385 e. The SMILES string of the molecule is CCNc1ccc([N+](=O)[O-])c(C(=O)NC2CC2C)c1. The van der Waals surface area contributed by atoms with Crippen LogP contribution < -0.4 is 10.6 Å². The number of anilines is 1. The van der Waals surface area contributed by atoms with E-state index in [1.54, 1.807) is 6.07 Å². The van der Waals surface area contributed by atoms with Crippen molar-refractivity contribution in [2.45, 2.75) is 26.3 Å². The Morgan fingerprint density at radius 1 is 1.53 bits per heavy atom. The lowest BCUT2D eigenvalue weighted by atomic mass is 10.1. The van der Waals surface area contributed by atoms with Crippen molar-refractivity contribution in [2.24, 2.45) is 5.92 Å². The van der Waals surface area contributed by atoms with Gasteiger partial charge in [-0.3, -0.25) is 14.9 Å². The number of hydrogen-bond acceptors (Lipinski definition) is 4. The third kappa shape index (κ3) is 3.01. The van der Waals surface area contributed by atoms with Crippen molar-refractivity contribution in [2.75, 3.05) is 11.9 Å². The van der Waals surface area contributed by atoms with Crippen LogP contribution in [0.25, 0.3) is 0 Å². The first-order valence-electron chi connectivity index (χ1n) is 6.36. The van der Waals surface area contributed by atoms with E-state index in [4.69, 9.17) is 0 Å². The van der Waals surface area contributed by atoms with Crippen molar-refractivity contribution in [1.29, 1.82) is 0 Å². The normalized spacial score (nSPS) is 20.7. The van der Waals surface area contributed by atoms with Crippen LogP contribution in [-0.4, -0.2) is 23.4 Å². The summed E-state index contributed by atoms with van der Waals surface area (Å²) < 4.78 is 0. The minimum absolute atomic E-state index is 0.113. The molecule has 0 aromatic heterocycles. The average molecular weight is 263 g/mol. The number of carbonyl (C=O) groups excluding carboxylic acids is 1. The number of nitrogens with zero attached hydrogens (tertiary/aromatic N) is 1. The van der Waals surface area contributed by atoms with Crippen molar-refractivity contribution < 1.29 is 9.72 Å². The number of nitrogens with one attached hydrogen (secondary N) is 2. The van der Waals surface area contributed by atoms with Crippen molar-refractivity contribution in [3.05, 3.63) is 33.9 Å². The van der Waals surface area contributed by atoms with Crippen molar-refractivity contribution in [3.63, 3.8) is 0 Å². The van der Waals surface area contributed by atoms with E-state index in [9.17, 15) is 14.9 Å². The fraction of sp³-hybridized carbons (Fsp3) is 0.462. The molecule has 2 unspecified atom stereocenters. The van der Waals surface area contributed by atoms with E-state index in [1.807, 2.05) is 13.8 Å². The number of nitro groups is 1. The van der Waals surface area contributed by atoms with Crippen LogP contribution >= 0.6 is 0 Å². The van der Waals surface area contributed by atoms with E-state index in [2.05, 4.69) is 10.6 Å².